The molecule has 2 aromatic heterocycles. The maximum Gasteiger partial charge on any atom is 0.224 e. The van der Waals surface area contributed by atoms with E-state index < -0.39 is 0 Å². The van der Waals surface area contributed by atoms with Crippen LogP contribution >= 0.6 is 22.9 Å². The first-order valence-corrected chi connectivity index (χ1v) is 7.35. The second-order valence-corrected chi connectivity index (χ2v) is 5.70. The van der Waals surface area contributed by atoms with Crippen LogP contribution in [0.2, 0.25) is 5.15 Å². The molecule has 3 nitrogen and oxygen atoms in total. The third kappa shape index (κ3) is 4.33. The number of nitrogens with one attached hydrogen (secondary N) is 1. The topological polar surface area (TPSA) is 42.0 Å². The SMILES string of the molecule is Cc1cc(NC(=O)CCCc2cccs2)cnc1Cl. The monoisotopic (exact) mass is 294 g/mol. The predicted octanol–water partition coefficient (Wildman–Crippen LogP) is 4.07. The molecular formula is C14H15ClN2OS. The molecule has 0 saturated heterocycles. The van der Waals surface area contributed by atoms with Gasteiger partial charge in [0.25, 0.3) is 0 Å². The largest absolute Gasteiger partial charge is 0.325 e. The third-order valence-electron chi connectivity index (χ3n) is 2.71. The lowest BCUT2D eigenvalue weighted by atomic mass is 10.2. The summed E-state index contributed by atoms with van der Waals surface area (Å²) in [5.74, 6) is 0.0140. The summed E-state index contributed by atoms with van der Waals surface area (Å²) in [5, 5.41) is 5.35. The van der Waals surface area contributed by atoms with Crippen LogP contribution in [0.25, 0.3) is 0 Å². The average Bonchev–Trinajstić information content (AvgIpc) is 2.87. The van der Waals surface area contributed by atoms with Crippen LogP contribution < -0.4 is 5.32 Å². The standard InChI is InChI=1S/C14H15ClN2OS/c1-10-8-11(9-16-14(10)15)17-13(18)6-2-4-12-5-3-7-19-12/h3,5,7-9H,2,4,6H2,1H3,(H,17,18). The van der Waals surface area contributed by atoms with Gasteiger partial charge in [0, 0.05) is 11.3 Å². The van der Waals surface area contributed by atoms with Crippen LogP contribution in [0.5, 0.6) is 0 Å². The van der Waals surface area contributed by atoms with Crippen molar-refractivity contribution < 1.29 is 4.79 Å². The van der Waals surface area contributed by atoms with Crippen molar-refractivity contribution in [1.29, 1.82) is 0 Å². The molecule has 0 aromatic carbocycles. The van der Waals surface area contributed by atoms with Gasteiger partial charge < -0.3 is 5.32 Å². The summed E-state index contributed by atoms with van der Waals surface area (Å²) in [4.78, 5) is 17.1. The fourth-order valence-corrected chi connectivity index (χ4v) is 2.58. The van der Waals surface area contributed by atoms with Crippen LogP contribution in [0.4, 0.5) is 5.69 Å². The van der Waals surface area contributed by atoms with Gasteiger partial charge in [0.1, 0.15) is 5.15 Å². The van der Waals surface area contributed by atoms with Gasteiger partial charge in [0.2, 0.25) is 5.91 Å². The maximum absolute atomic E-state index is 11.8. The average molecular weight is 295 g/mol. The van der Waals surface area contributed by atoms with Crippen LogP contribution in [0.3, 0.4) is 0 Å². The molecule has 0 atom stereocenters. The molecule has 0 bridgehead atoms. The first-order chi connectivity index (χ1) is 9.15. The number of hydrogen-bond donors (Lipinski definition) is 1. The summed E-state index contributed by atoms with van der Waals surface area (Å²) >= 11 is 7.56. The molecule has 2 rings (SSSR count). The van der Waals surface area contributed by atoms with Crippen LogP contribution in [-0.2, 0) is 11.2 Å². The number of carbonyl (C=O) groups excluding carboxylic acids is 1. The summed E-state index contributed by atoms with van der Waals surface area (Å²) in [7, 11) is 0. The highest BCUT2D eigenvalue weighted by Crippen LogP contribution is 2.17. The predicted molar refractivity (Wildman–Crippen MR) is 79.9 cm³/mol. The van der Waals surface area contributed by atoms with E-state index >= 15 is 0 Å². The van der Waals surface area contributed by atoms with Crippen molar-refractivity contribution in [3.63, 3.8) is 0 Å². The molecule has 5 heteroatoms. The van der Waals surface area contributed by atoms with Gasteiger partial charge >= 0.3 is 0 Å². The molecule has 19 heavy (non-hydrogen) atoms. The number of halogens is 1. The molecule has 0 unspecified atom stereocenters. The number of hydrogen-bond acceptors (Lipinski definition) is 3. The number of nitrogens with zero attached hydrogens (tertiary/aromatic N) is 1. The molecule has 1 N–H and O–H groups in total. The molecule has 0 aliphatic rings. The smallest absolute Gasteiger partial charge is 0.224 e. The van der Waals surface area contributed by atoms with Crippen molar-refractivity contribution in [2.75, 3.05) is 5.32 Å². The Hall–Kier alpha value is -1.39. The highest BCUT2D eigenvalue weighted by Gasteiger charge is 2.05. The molecule has 2 aromatic rings. The van der Waals surface area contributed by atoms with E-state index in [0.29, 0.717) is 17.3 Å². The van der Waals surface area contributed by atoms with Crippen molar-refractivity contribution in [2.45, 2.75) is 26.2 Å². The van der Waals surface area contributed by atoms with E-state index in [9.17, 15) is 4.79 Å². The van der Waals surface area contributed by atoms with Crippen molar-refractivity contribution in [3.8, 4) is 0 Å². The molecule has 0 aliphatic heterocycles. The molecule has 0 fully saturated rings. The van der Waals surface area contributed by atoms with Crippen molar-refractivity contribution >= 4 is 34.5 Å². The molecule has 0 radical (unpaired) electrons. The van der Waals surface area contributed by atoms with Crippen molar-refractivity contribution in [2.24, 2.45) is 0 Å². The van der Waals surface area contributed by atoms with Gasteiger partial charge in [-0.25, -0.2) is 4.98 Å². The maximum atomic E-state index is 11.8. The Kier molecular flexibility index (Phi) is 4.93. The van der Waals surface area contributed by atoms with Gasteiger partial charge in [-0.15, -0.1) is 11.3 Å². The lowest BCUT2D eigenvalue weighted by Crippen LogP contribution is -2.11. The first kappa shape index (κ1) is 14.0. The van der Waals surface area contributed by atoms with Crippen LogP contribution in [0.15, 0.2) is 29.8 Å². The molecule has 0 saturated carbocycles. The number of aromatic nitrogens is 1. The Labute approximate surface area is 121 Å². The zero-order valence-electron chi connectivity index (χ0n) is 10.6. The second kappa shape index (κ2) is 6.68. The van der Waals surface area contributed by atoms with E-state index in [2.05, 4.69) is 21.7 Å². The van der Waals surface area contributed by atoms with Gasteiger partial charge in [-0.1, -0.05) is 17.7 Å². The number of pyridine rings is 1. The van der Waals surface area contributed by atoms with E-state index in [1.54, 1.807) is 17.5 Å². The number of rotatable bonds is 5. The normalized spacial score (nSPS) is 10.4. The molecule has 0 spiro atoms. The Balaban J connectivity index is 1.79. The van der Waals surface area contributed by atoms with Crippen molar-refractivity contribution in [3.05, 3.63) is 45.4 Å². The number of anilines is 1. The van der Waals surface area contributed by atoms with Crippen molar-refractivity contribution in [1.82, 2.24) is 4.98 Å². The summed E-state index contributed by atoms with van der Waals surface area (Å²) in [6.07, 6.45) is 3.89. The molecule has 0 aliphatic carbocycles. The molecule has 1 amide bonds. The quantitative estimate of drug-likeness (QED) is 0.845. The Morgan fingerprint density at radius 1 is 1.53 bits per heavy atom. The van der Waals surface area contributed by atoms with E-state index in [4.69, 9.17) is 11.6 Å². The second-order valence-electron chi connectivity index (χ2n) is 4.31. The molecular weight excluding hydrogens is 280 g/mol. The van der Waals surface area contributed by atoms with Crippen LogP contribution in [-0.4, -0.2) is 10.9 Å². The third-order valence-corrected chi connectivity index (χ3v) is 4.04. The Morgan fingerprint density at radius 2 is 2.37 bits per heavy atom. The minimum Gasteiger partial charge on any atom is -0.325 e. The van der Waals surface area contributed by atoms with E-state index in [-0.39, 0.29) is 5.91 Å². The lowest BCUT2D eigenvalue weighted by Gasteiger charge is -2.06. The summed E-state index contributed by atoms with van der Waals surface area (Å²) in [6.45, 7) is 1.86. The minimum absolute atomic E-state index is 0.0140. The number of aryl methyl sites for hydroxylation is 2. The van der Waals surface area contributed by atoms with Gasteiger partial charge in [0.05, 0.1) is 11.9 Å². The zero-order chi connectivity index (χ0) is 13.7. The number of carbonyl (C=O) groups is 1. The highest BCUT2D eigenvalue weighted by atomic mass is 35.5. The van der Waals surface area contributed by atoms with Crippen LogP contribution in [0, 0.1) is 6.92 Å². The van der Waals surface area contributed by atoms with Gasteiger partial charge in [-0.3, -0.25) is 4.79 Å². The highest BCUT2D eigenvalue weighted by molar-refractivity contribution is 7.09. The number of amides is 1. The number of thiophene rings is 1. The van der Waals surface area contributed by atoms with E-state index in [1.807, 2.05) is 19.1 Å². The summed E-state index contributed by atoms with van der Waals surface area (Å²) in [5.41, 5.74) is 1.56. The lowest BCUT2D eigenvalue weighted by molar-refractivity contribution is -0.116. The van der Waals surface area contributed by atoms with Gasteiger partial charge in [-0.05, 0) is 42.8 Å². The first-order valence-electron chi connectivity index (χ1n) is 6.09. The summed E-state index contributed by atoms with van der Waals surface area (Å²) in [6, 6.07) is 5.95. The fourth-order valence-electron chi connectivity index (χ4n) is 1.73. The Bertz CT molecular complexity index is 555. The van der Waals surface area contributed by atoms with Gasteiger partial charge in [0.15, 0.2) is 0 Å². The molecule has 2 heterocycles. The Morgan fingerprint density at radius 3 is 3.05 bits per heavy atom. The summed E-state index contributed by atoms with van der Waals surface area (Å²) < 4.78 is 0. The fraction of sp³-hybridized carbons (Fsp3) is 0.286. The minimum atomic E-state index is 0.0140. The van der Waals surface area contributed by atoms with Crippen LogP contribution in [0.1, 0.15) is 23.3 Å². The van der Waals surface area contributed by atoms with E-state index in [0.717, 1.165) is 18.4 Å². The zero-order valence-corrected chi connectivity index (χ0v) is 12.2. The van der Waals surface area contributed by atoms with E-state index in [1.165, 1.54) is 4.88 Å². The molecule has 100 valence electrons. The van der Waals surface area contributed by atoms with Gasteiger partial charge in [-0.2, -0.15) is 0 Å².